The van der Waals surface area contributed by atoms with Crippen molar-refractivity contribution in [1.82, 2.24) is 0 Å². The van der Waals surface area contributed by atoms with Gasteiger partial charge >= 0.3 is 29.6 Å². The van der Waals surface area contributed by atoms with E-state index in [1.54, 1.807) is 19.2 Å². The minimum Gasteiger partial charge on any atom is -0.550 e. The van der Waals surface area contributed by atoms with E-state index < -0.39 is 5.97 Å². The van der Waals surface area contributed by atoms with Crippen LogP contribution in [0.2, 0.25) is 0 Å². The van der Waals surface area contributed by atoms with E-state index in [0.717, 1.165) is 11.4 Å². The van der Waals surface area contributed by atoms with Crippen molar-refractivity contribution in [3.05, 3.63) is 24.3 Å². The molecule has 0 unspecified atom stereocenters. The number of methoxy groups -OCH3 is 1. The molecule has 0 saturated heterocycles. The number of carbonyl (C=O) groups excluding carboxylic acids is 1. The van der Waals surface area contributed by atoms with E-state index in [0.29, 0.717) is 6.54 Å². The van der Waals surface area contributed by atoms with Crippen molar-refractivity contribution < 1.29 is 44.2 Å². The number of nitrogens with one attached hydrogen (secondary N) is 1. The number of hydrogen-bond acceptors (Lipinski definition) is 4. The molecule has 76 valence electrons. The van der Waals surface area contributed by atoms with E-state index in [9.17, 15) is 9.90 Å². The first-order valence-corrected chi connectivity index (χ1v) is 4.30. The van der Waals surface area contributed by atoms with Gasteiger partial charge in [-0.25, -0.2) is 0 Å². The molecular formula is C10H12NNaO3. The Morgan fingerprint density at radius 3 is 2.47 bits per heavy atom. The van der Waals surface area contributed by atoms with Crippen LogP contribution in [-0.2, 0) is 4.79 Å². The molecule has 4 nitrogen and oxygen atoms in total. The summed E-state index contributed by atoms with van der Waals surface area (Å²) in [6.45, 7) is 0.370. The first-order chi connectivity index (χ1) is 6.72. The molecule has 1 rings (SSSR count). The van der Waals surface area contributed by atoms with Gasteiger partial charge in [0.2, 0.25) is 0 Å². The third-order valence-corrected chi connectivity index (χ3v) is 1.75. The standard InChI is InChI=1S/C10H13NO3.Na/c1-14-9-4-2-8(3-5-9)11-7-6-10(12)13;/h2-5,11H,6-7H2,1H3,(H,12,13);/q;+1/p-1. The van der Waals surface area contributed by atoms with Gasteiger partial charge in [-0.2, -0.15) is 0 Å². The number of hydrogen-bond donors (Lipinski definition) is 1. The van der Waals surface area contributed by atoms with Crippen molar-refractivity contribution in [2.45, 2.75) is 6.42 Å². The quantitative estimate of drug-likeness (QED) is 0.543. The van der Waals surface area contributed by atoms with Gasteiger partial charge in [0.25, 0.3) is 0 Å². The van der Waals surface area contributed by atoms with Gasteiger partial charge in [0, 0.05) is 24.6 Å². The van der Waals surface area contributed by atoms with Crippen LogP contribution in [0.15, 0.2) is 24.3 Å². The van der Waals surface area contributed by atoms with E-state index >= 15 is 0 Å². The Kier molecular flexibility index (Phi) is 7.21. The fourth-order valence-corrected chi connectivity index (χ4v) is 1.02. The molecule has 0 aliphatic carbocycles. The number of anilines is 1. The van der Waals surface area contributed by atoms with Crippen LogP contribution in [0, 0.1) is 0 Å². The van der Waals surface area contributed by atoms with E-state index in [1.165, 1.54) is 0 Å². The van der Waals surface area contributed by atoms with E-state index in [4.69, 9.17) is 4.74 Å². The number of carbonyl (C=O) groups is 1. The molecule has 0 bridgehead atoms. The molecular weight excluding hydrogens is 205 g/mol. The summed E-state index contributed by atoms with van der Waals surface area (Å²) in [5, 5.41) is 13.1. The Labute approximate surface area is 111 Å². The van der Waals surface area contributed by atoms with Crippen LogP contribution in [0.25, 0.3) is 0 Å². The van der Waals surface area contributed by atoms with Crippen molar-refractivity contribution in [3.8, 4) is 5.75 Å². The largest absolute Gasteiger partial charge is 1.00 e. The van der Waals surface area contributed by atoms with Crippen molar-refractivity contribution in [1.29, 1.82) is 0 Å². The predicted octanol–water partition coefficient (Wildman–Crippen LogP) is -2.75. The first-order valence-electron chi connectivity index (χ1n) is 4.30. The Balaban J connectivity index is 0.00000196. The minimum atomic E-state index is -1.05. The molecule has 5 heteroatoms. The molecule has 0 aliphatic rings. The van der Waals surface area contributed by atoms with Gasteiger partial charge in [-0.1, -0.05) is 0 Å². The first kappa shape index (κ1) is 14.3. The van der Waals surface area contributed by atoms with Crippen molar-refractivity contribution in [2.75, 3.05) is 19.0 Å². The fraction of sp³-hybridized carbons (Fsp3) is 0.300. The smallest absolute Gasteiger partial charge is 0.550 e. The summed E-state index contributed by atoms with van der Waals surface area (Å²) in [5.41, 5.74) is 0.868. The molecule has 0 amide bonds. The van der Waals surface area contributed by atoms with E-state index in [2.05, 4.69) is 5.32 Å². The number of rotatable bonds is 5. The molecule has 15 heavy (non-hydrogen) atoms. The van der Waals surface area contributed by atoms with Crippen LogP contribution in [0.4, 0.5) is 5.69 Å². The molecule has 1 aromatic rings. The monoisotopic (exact) mass is 217 g/mol. The third-order valence-electron chi connectivity index (χ3n) is 1.75. The Bertz CT molecular complexity index is 300. The van der Waals surface area contributed by atoms with Crippen LogP contribution in [0.5, 0.6) is 5.75 Å². The Hall–Kier alpha value is -0.710. The second kappa shape index (κ2) is 7.56. The normalized spacial score (nSPS) is 8.87. The summed E-state index contributed by atoms with van der Waals surface area (Å²) < 4.78 is 4.98. The van der Waals surface area contributed by atoms with Gasteiger partial charge in [-0.05, 0) is 24.3 Å². The number of carboxylic acid groups (broad SMARTS) is 1. The molecule has 0 saturated carbocycles. The summed E-state index contributed by atoms with van der Waals surface area (Å²) in [4.78, 5) is 10.1. The molecule has 0 spiro atoms. The van der Waals surface area contributed by atoms with Crippen LogP contribution in [0.3, 0.4) is 0 Å². The maximum absolute atomic E-state index is 10.1. The molecule has 1 N–H and O–H groups in total. The fourth-order valence-electron chi connectivity index (χ4n) is 1.02. The summed E-state index contributed by atoms with van der Waals surface area (Å²) >= 11 is 0. The van der Waals surface area contributed by atoms with Gasteiger partial charge in [-0.3, -0.25) is 0 Å². The van der Waals surface area contributed by atoms with Crippen molar-refractivity contribution in [2.24, 2.45) is 0 Å². The van der Waals surface area contributed by atoms with Gasteiger partial charge in [-0.15, -0.1) is 0 Å². The topological polar surface area (TPSA) is 61.4 Å². The summed E-state index contributed by atoms with van der Waals surface area (Å²) in [7, 11) is 1.60. The average molecular weight is 217 g/mol. The van der Waals surface area contributed by atoms with E-state index in [-0.39, 0.29) is 36.0 Å². The van der Waals surface area contributed by atoms with Crippen LogP contribution in [0.1, 0.15) is 6.42 Å². The maximum Gasteiger partial charge on any atom is 1.00 e. The minimum absolute atomic E-state index is 0. The van der Waals surface area contributed by atoms with Crippen LogP contribution < -0.4 is 44.7 Å². The summed E-state index contributed by atoms with van der Waals surface area (Å²) in [5.74, 6) is -0.276. The maximum atomic E-state index is 10.1. The SMILES string of the molecule is COc1ccc(NCCC(=O)[O-])cc1.[Na+]. The Morgan fingerprint density at radius 1 is 1.40 bits per heavy atom. The van der Waals surface area contributed by atoms with Gasteiger partial charge in [0.05, 0.1) is 7.11 Å². The zero-order chi connectivity index (χ0) is 10.4. The number of aliphatic carboxylic acids is 1. The molecule has 0 aromatic heterocycles. The average Bonchev–Trinajstić information content (AvgIpc) is 2.18. The van der Waals surface area contributed by atoms with Crippen LogP contribution >= 0.6 is 0 Å². The van der Waals surface area contributed by atoms with Crippen LogP contribution in [-0.4, -0.2) is 19.6 Å². The number of benzene rings is 1. The Morgan fingerprint density at radius 2 is 2.00 bits per heavy atom. The predicted molar refractivity (Wildman–Crippen MR) is 51.1 cm³/mol. The van der Waals surface area contributed by atoms with Gasteiger partial charge in [0.15, 0.2) is 0 Å². The molecule has 0 atom stereocenters. The zero-order valence-electron chi connectivity index (χ0n) is 8.95. The summed E-state index contributed by atoms with van der Waals surface area (Å²) in [6.07, 6.45) is 0.00598. The second-order valence-electron chi connectivity index (χ2n) is 2.78. The van der Waals surface area contributed by atoms with E-state index in [1.807, 2.05) is 12.1 Å². The summed E-state index contributed by atoms with van der Waals surface area (Å²) in [6, 6.07) is 7.27. The second-order valence-corrected chi connectivity index (χ2v) is 2.78. The number of ether oxygens (including phenoxy) is 1. The van der Waals surface area contributed by atoms with Gasteiger partial charge in [0.1, 0.15) is 5.75 Å². The third kappa shape index (κ3) is 5.67. The van der Waals surface area contributed by atoms with Crippen molar-refractivity contribution in [3.63, 3.8) is 0 Å². The molecule has 0 fully saturated rings. The van der Waals surface area contributed by atoms with Crippen molar-refractivity contribution >= 4 is 11.7 Å². The molecule has 0 aliphatic heterocycles. The van der Waals surface area contributed by atoms with Gasteiger partial charge < -0.3 is 20.0 Å². The molecule has 0 heterocycles. The molecule has 1 aromatic carbocycles. The zero-order valence-corrected chi connectivity index (χ0v) is 10.9. The molecule has 0 radical (unpaired) electrons. The number of carboxylic acids is 1.